The van der Waals surface area contributed by atoms with Gasteiger partial charge in [-0.15, -0.1) is 0 Å². The van der Waals surface area contributed by atoms with E-state index in [-0.39, 0.29) is 0 Å². The molecule has 1 heterocycles. The van der Waals surface area contributed by atoms with E-state index in [1.54, 1.807) is 0 Å². The van der Waals surface area contributed by atoms with Crippen LogP contribution in [0.15, 0.2) is 35.5 Å². The van der Waals surface area contributed by atoms with Crippen molar-refractivity contribution in [2.45, 2.75) is 46.1 Å². The zero-order chi connectivity index (χ0) is 19.3. The van der Waals surface area contributed by atoms with Gasteiger partial charge in [-0.25, -0.2) is 0 Å². The lowest BCUT2D eigenvalue weighted by atomic mass is 10.0. The smallest absolute Gasteiger partial charge is 0.193 e. The Morgan fingerprint density at radius 2 is 1.88 bits per heavy atom. The van der Waals surface area contributed by atoms with Crippen molar-refractivity contribution in [1.29, 1.82) is 0 Å². The van der Waals surface area contributed by atoms with Crippen LogP contribution in [0.1, 0.15) is 55.0 Å². The third-order valence-electron chi connectivity index (χ3n) is 4.68. The molecule has 2 rings (SSSR count). The van der Waals surface area contributed by atoms with Crippen molar-refractivity contribution in [2.24, 2.45) is 12.0 Å². The van der Waals surface area contributed by atoms with Crippen molar-refractivity contribution < 1.29 is 0 Å². The zero-order valence-electron chi connectivity index (χ0n) is 17.2. The second-order valence-electron chi connectivity index (χ2n) is 7.46. The van der Waals surface area contributed by atoms with E-state index in [1.807, 2.05) is 18.8 Å². The highest BCUT2D eigenvalue weighted by Crippen LogP contribution is 2.19. The molecule has 0 aliphatic heterocycles. The van der Waals surface area contributed by atoms with E-state index in [1.165, 1.54) is 16.7 Å². The summed E-state index contributed by atoms with van der Waals surface area (Å²) in [5.74, 6) is 1.74. The van der Waals surface area contributed by atoms with Gasteiger partial charge in [0, 0.05) is 46.0 Å². The molecule has 1 aromatic carbocycles. The molecule has 1 atom stereocenters. The summed E-state index contributed by atoms with van der Waals surface area (Å²) < 4.78 is 1.90. The molecule has 0 amide bonds. The molecule has 5 heteroatoms. The SMILES string of the molecule is CN=C(NCC(C)c1ccc(C)cc1)N(C)Cc1cn(C)nc1C(C)C. The van der Waals surface area contributed by atoms with Crippen LogP contribution in [0.2, 0.25) is 0 Å². The van der Waals surface area contributed by atoms with E-state index in [4.69, 9.17) is 0 Å². The lowest BCUT2D eigenvalue weighted by Crippen LogP contribution is -2.40. The Bertz CT molecular complexity index is 727. The van der Waals surface area contributed by atoms with Gasteiger partial charge in [0.15, 0.2) is 5.96 Å². The van der Waals surface area contributed by atoms with Crippen molar-refractivity contribution in [3.63, 3.8) is 0 Å². The van der Waals surface area contributed by atoms with Gasteiger partial charge >= 0.3 is 0 Å². The highest BCUT2D eigenvalue weighted by Gasteiger charge is 2.15. The fourth-order valence-electron chi connectivity index (χ4n) is 3.14. The van der Waals surface area contributed by atoms with Crippen LogP contribution in [0.3, 0.4) is 0 Å². The number of aryl methyl sites for hydroxylation is 2. The molecule has 1 aromatic heterocycles. The summed E-state index contributed by atoms with van der Waals surface area (Å²) in [7, 11) is 5.89. The minimum absolute atomic E-state index is 0.413. The van der Waals surface area contributed by atoms with Crippen LogP contribution in [0.25, 0.3) is 0 Å². The largest absolute Gasteiger partial charge is 0.356 e. The van der Waals surface area contributed by atoms with E-state index < -0.39 is 0 Å². The fourth-order valence-corrected chi connectivity index (χ4v) is 3.14. The molecular weight excluding hydrogens is 322 g/mol. The second kappa shape index (κ2) is 8.88. The Labute approximate surface area is 158 Å². The molecular formula is C21H33N5. The van der Waals surface area contributed by atoms with Gasteiger partial charge in [0.05, 0.1) is 5.69 Å². The first-order valence-electron chi connectivity index (χ1n) is 9.32. The quantitative estimate of drug-likeness (QED) is 0.635. The maximum Gasteiger partial charge on any atom is 0.193 e. The van der Waals surface area contributed by atoms with E-state index in [2.05, 4.69) is 85.5 Å². The van der Waals surface area contributed by atoms with Crippen LogP contribution in [0, 0.1) is 6.92 Å². The van der Waals surface area contributed by atoms with Crippen molar-refractivity contribution in [3.05, 3.63) is 52.8 Å². The maximum absolute atomic E-state index is 4.60. The third-order valence-corrected chi connectivity index (χ3v) is 4.68. The predicted octanol–water partition coefficient (Wildman–Crippen LogP) is 3.66. The van der Waals surface area contributed by atoms with Crippen LogP contribution in [0.5, 0.6) is 0 Å². The van der Waals surface area contributed by atoms with Gasteiger partial charge < -0.3 is 10.2 Å². The molecule has 0 spiro atoms. The molecule has 1 N–H and O–H groups in total. The maximum atomic E-state index is 4.60. The molecule has 142 valence electrons. The number of hydrogen-bond donors (Lipinski definition) is 1. The van der Waals surface area contributed by atoms with Crippen molar-refractivity contribution in [1.82, 2.24) is 20.0 Å². The van der Waals surface area contributed by atoms with Crippen LogP contribution in [-0.2, 0) is 13.6 Å². The highest BCUT2D eigenvalue weighted by atomic mass is 15.3. The third kappa shape index (κ3) is 5.10. The second-order valence-corrected chi connectivity index (χ2v) is 7.46. The van der Waals surface area contributed by atoms with Gasteiger partial charge in [0.25, 0.3) is 0 Å². The minimum atomic E-state index is 0.413. The van der Waals surface area contributed by atoms with Crippen LogP contribution >= 0.6 is 0 Å². The Morgan fingerprint density at radius 1 is 1.23 bits per heavy atom. The zero-order valence-corrected chi connectivity index (χ0v) is 17.2. The van der Waals surface area contributed by atoms with Crippen molar-refractivity contribution >= 4 is 5.96 Å². The summed E-state index contributed by atoms with van der Waals surface area (Å²) in [6.07, 6.45) is 2.11. The summed E-state index contributed by atoms with van der Waals surface area (Å²) in [6, 6.07) is 8.75. The van der Waals surface area contributed by atoms with E-state index in [9.17, 15) is 0 Å². The lowest BCUT2D eigenvalue weighted by molar-refractivity contribution is 0.470. The van der Waals surface area contributed by atoms with Crippen molar-refractivity contribution in [2.75, 3.05) is 20.6 Å². The Kier molecular flexibility index (Phi) is 6.83. The number of guanidine groups is 1. The lowest BCUT2D eigenvalue weighted by Gasteiger charge is -2.24. The number of benzene rings is 1. The molecule has 2 aromatic rings. The number of nitrogens with one attached hydrogen (secondary N) is 1. The number of aromatic nitrogens is 2. The average molecular weight is 356 g/mol. The van der Waals surface area contributed by atoms with Gasteiger partial charge in [-0.2, -0.15) is 5.10 Å². The minimum Gasteiger partial charge on any atom is -0.356 e. The Balaban J connectivity index is 1.98. The molecule has 0 saturated carbocycles. The molecule has 0 aliphatic rings. The van der Waals surface area contributed by atoms with Gasteiger partial charge in [-0.3, -0.25) is 9.67 Å². The predicted molar refractivity (Wildman–Crippen MR) is 110 cm³/mol. The molecule has 0 bridgehead atoms. The number of rotatable bonds is 6. The van der Waals surface area contributed by atoms with Gasteiger partial charge in [-0.1, -0.05) is 50.6 Å². The van der Waals surface area contributed by atoms with E-state index in [0.29, 0.717) is 11.8 Å². The summed E-state index contributed by atoms with van der Waals surface area (Å²) in [5.41, 5.74) is 5.04. The molecule has 1 unspecified atom stereocenters. The fraction of sp³-hybridized carbons (Fsp3) is 0.524. The van der Waals surface area contributed by atoms with Crippen LogP contribution in [0.4, 0.5) is 0 Å². The Hall–Kier alpha value is -2.30. The number of aliphatic imine (C=N–C) groups is 1. The van der Waals surface area contributed by atoms with Gasteiger partial charge in [-0.05, 0) is 24.3 Å². The van der Waals surface area contributed by atoms with Gasteiger partial charge in [0.2, 0.25) is 0 Å². The van der Waals surface area contributed by atoms with E-state index in [0.717, 1.165) is 24.7 Å². The average Bonchev–Trinajstić information content (AvgIpc) is 2.96. The highest BCUT2D eigenvalue weighted by molar-refractivity contribution is 5.79. The standard InChI is InChI=1S/C21H33N5/c1-15(2)20-19(14-26(7)24-20)13-25(6)21(22-5)23-12-17(4)18-10-8-16(3)9-11-18/h8-11,14-15,17H,12-13H2,1-7H3,(H,22,23). The van der Waals surface area contributed by atoms with E-state index >= 15 is 0 Å². The topological polar surface area (TPSA) is 45.5 Å². The van der Waals surface area contributed by atoms with Gasteiger partial charge in [0.1, 0.15) is 0 Å². The molecule has 0 saturated heterocycles. The first-order valence-corrected chi connectivity index (χ1v) is 9.32. The molecule has 5 nitrogen and oxygen atoms in total. The first kappa shape index (κ1) is 20.0. The summed E-state index contributed by atoms with van der Waals surface area (Å²) in [4.78, 5) is 6.61. The molecule has 0 radical (unpaired) electrons. The molecule has 26 heavy (non-hydrogen) atoms. The summed E-state index contributed by atoms with van der Waals surface area (Å²) in [5, 5.41) is 8.11. The Morgan fingerprint density at radius 3 is 2.46 bits per heavy atom. The monoisotopic (exact) mass is 355 g/mol. The summed E-state index contributed by atoms with van der Waals surface area (Å²) in [6.45, 7) is 10.4. The number of hydrogen-bond acceptors (Lipinski definition) is 2. The van der Waals surface area contributed by atoms with Crippen molar-refractivity contribution in [3.8, 4) is 0 Å². The van der Waals surface area contributed by atoms with Crippen LogP contribution in [-0.4, -0.2) is 41.3 Å². The summed E-state index contributed by atoms with van der Waals surface area (Å²) >= 11 is 0. The number of nitrogens with zero attached hydrogens (tertiary/aromatic N) is 4. The first-order chi connectivity index (χ1) is 12.3. The molecule has 0 aliphatic carbocycles. The van der Waals surface area contributed by atoms with Crippen LogP contribution < -0.4 is 5.32 Å². The molecule has 0 fully saturated rings. The normalized spacial score (nSPS) is 13.2.